The Hall–Kier alpha value is -4.06. The molecule has 2 amide bonds. The lowest BCUT2D eigenvalue weighted by Gasteiger charge is -2.34. The molecule has 0 fully saturated rings. The SMILES string of the molecule is CC[C@@H](C)NC(=O)[C@H](CC)N(Cc1cccc(OC)c1)C(=O)CN(c1cccc(C(F)(F)F)c1)S(=O)(=O)c1ccccc1. The molecule has 2 atom stereocenters. The third-order valence-corrected chi connectivity index (χ3v) is 8.73. The predicted octanol–water partition coefficient (Wildman–Crippen LogP) is 5.63. The molecule has 8 nitrogen and oxygen atoms in total. The number of carbonyl (C=O) groups excluding carboxylic acids is 2. The molecular formula is C31H36F3N3O5S. The molecule has 232 valence electrons. The molecule has 0 spiro atoms. The van der Waals surface area contributed by atoms with Crippen LogP contribution in [0.15, 0.2) is 83.8 Å². The second-order valence-electron chi connectivity index (χ2n) is 9.99. The van der Waals surface area contributed by atoms with Crippen LogP contribution < -0.4 is 14.4 Å². The first-order chi connectivity index (χ1) is 20.3. The molecule has 3 aromatic rings. The number of nitrogens with zero attached hydrogens (tertiary/aromatic N) is 2. The van der Waals surface area contributed by atoms with Gasteiger partial charge in [0.15, 0.2) is 0 Å². The second-order valence-corrected chi connectivity index (χ2v) is 11.9. The summed E-state index contributed by atoms with van der Waals surface area (Å²) in [4.78, 5) is 28.5. The minimum Gasteiger partial charge on any atom is -0.497 e. The molecule has 0 radical (unpaired) electrons. The van der Waals surface area contributed by atoms with Gasteiger partial charge in [-0.05, 0) is 67.8 Å². The molecule has 0 aliphatic carbocycles. The smallest absolute Gasteiger partial charge is 0.416 e. The lowest BCUT2D eigenvalue weighted by Crippen LogP contribution is -2.53. The first kappa shape index (κ1) is 33.4. The van der Waals surface area contributed by atoms with Crippen LogP contribution in [0.25, 0.3) is 0 Å². The van der Waals surface area contributed by atoms with Gasteiger partial charge < -0.3 is 15.0 Å². The number of halogens is 3. The number of methoxy groups -OCH3 is 1. The topological polar surface area (TPSA) is 96.0 Å². The van der Waals surface area contributed by atoms with Crippen LogP contribution in [-0.4, -0.2) is 50.9 Å². The van der Waals surface area contributed by atoms with Gasteiger partial charge in [0.05, 0.1) is 23.3 Å². The van der Waals surface area contributed by atoms with Gasteiger partial charge in [-0.25, -0.2) is 8.42 Å². The maximum Gasteiger partial charge on any atom is 0.416 e. The Morgan fingerprint density at radius 2 is 1.60 bits per heavy atom. The largest absolute Gasteiger partial charge is 0.497 e. The van der Waals surface area contributed by atoms with Crippen LogP contribution >= 0.6 is 0 Å². The number of nitrogens with one attached hydrogen (secondary N) is 1. The van der Waals surface area contributed by atoms with E-state index in [0.29, 0.717) is 28.1 Å². The molecule has 0 heterocycles. The van der Waals surface area contributed by atoms with E-state index < -0.39 is 46.2 Å². The molecule has 3 rings (SSSR count). The second kappa shape index (κ2) is 14.4. The van der Waals surface area contributed by atoms with E-state index in [4.69, 9.17) is 4.74 Å². The lowest BCUT2D eigenvalue weighted by molar-refractivity contribution is -0.140. The zero-order chi connectivity index (χ0) is 31.8. The molecule has 0 aliphatic rings. The average Bonchev–Trinajstić information content (AvgIpc) is 2.99. The molecular weight excluding hydrogens is 583 g/mol. The molecule has 0 bridgehead atoms. The van der Waals surface area contributed by atoms with Gasteiger partial charge in [-0.3, -0.25) is 13.9 Å². The van der Waals surface area contributed by atoms with Gasteiger partial charge in [0.25, 0.3) is 10.0 Å². The Balaban J connectivity index is 2.12. The van der Waals surface area contributed by atoms with Gasteiger partial charge in [0.2, 0.25) is 11.8 Å². The Morgan fingerprint density at radius 1 is 0.930 bits per heavy atom. The van der Waals surface area contributed by atoms with Gasteiger partial charge >= 0.3 is 6.18 Å². The van der Waals surface area contributed by atoms with E-state index in [0.717, 1.165) is 12.1 Å². The number of ether oxygens (including phenoxy) is 1. The summed E-state index contributed by atoms with van der Waals surface area (Å²) in [5.41, 5.74) is -0.803. The van der Waals surface area contributed by atoms with Gasteiger partial charge in [-0.15, -0.1) is 0 Å². The maximum absolute atomic E-state index is 14.1. The van der Waals surface area contributed by atoms with Crippen LogP contribution in [0.5, 0.6) is 5.75 Å². The van der Waals surface area contributed by atoms with Crippen molar-refractivity contribution in [3.8, 4) is 5.75 Å². The summed E-state index contributed by atoms with van der Waals surface area (Å²) in [5, 5.41) is 2.88. The highest BCUT2D eigenvalue weighted by Gasteiger charge is 2.36. The van der Waals surface area contributed by atoms with E-state index in [1.165, 1.54) is 42.3 Å². The number of anilines is 1. The summed E-state index contributed by atoms with van der Waals surface area (Å²) in [5.74, 6) is -0.685. The van der Waals surface area contributed by atoms with Gasteiger partial charge in [0.1, 0.15) is 18.3 Å². The van der Waals surface area contributed by atoms with Gasteiger partial charge in [-0.2, -0.15) is 13.2 Å². The highest BCUT2D eigenvalue weighted by atomic mass is 32.2. The molecule has 0 saturated carbocycles. The van der Waals surface area contributed by atoms with Crippen molar-refractivity contribution in [1.29, 1.82) is 0 Å². The van der Waals surface area contributed by atoms with Crippen LogP contribution in [-0.2, 0) is 32.3 Å². The number of hydrogen-bond donors (Lipinski definition) is 1. The third-order valence-electron chi connectivity index (χ3n) is 6.95. The summed E-state index contributed by atoms with van der Waals surface area (Å²) in [6, 6.07) is 16.6. The number of hydrogen-bond acceptors (Lipinski definition) is 5. The van der Waals surface area contributed by atoms with E-state index in [1.54, 1.807) is 37.3 Å². The number of benzene rings is 3. The Kier molecular flexibility index (Phi) is 11.2. The van der Waals surface area contributed by atoms with Crippen molar-refractivity contribution < 1.29 is 35.9 Å². The Labute approximate surface area is 250 Å². The molecule has 0 aliphatic heterocycles. The molecule has 12 heteroatoms. The third kappa shape index (κ3) is 8.50. The number of amides is 2. The Bertz CT molecular complexity index is 1500. The van der Waals surface area contributed by atoms with E-state index in [1.807, 2.05) is 13.8 Å². The van der Waals surface area contributed by atoms with Crippen molar-refractivity contribution >= 4 is 27.5 Å². The predicted molar refractivity (Wildman–Crippen MR) is 158 cm³/mol. The van der Waals surface area contributed by atoms with E-state index in [2.05, 4.69) is 5.32 Å². The standard InChI is InChI=1S/C31H36F3N3O5S/c1-5-22(3)35-30(39)28(6-2)36(20-23-12-10-15-26(18-23)42-4)29(38)21-37(43(40,41)27-16-8-7-9-17-27)25-14-11-13-24(19-25)31(32,33)34/h7-19,22,28H,5-6,20-21H2,1-4H3,(H,35,39)/t22-,28+/m1/s1. The zero-order valence-electron chi connectivity index (χ0n) is 24.5. The maximum atomic E-state index is 14.1. The van der Waals surface area contributed by atoms with Crippen LogP contribution in [0.2, 0.25) is 0 Å². The van der Waals surface area contributed by atoms with Crippen molar-refractivity contribution in [1.82, 2.24) is 10.2 Å². The molecule has 0 unspecified atom stereocenters. The van der Waals surface area contributed by atoms with Crippen LogP contribution in [0.4, 0.5) is 18.9 Å². The number of sulfonamides is 1. The van der Waals surface area contributed by atoms with Gasteiger partial charge in [-0.1, -0.05) is 50.2 Å². The number of carbonyl (C=O) groups is 2. The van der Waals surface area contributed by atoms with E-state index >= 15 is 0 Å². The van der Waals surface area contributed by atoms with Crippen molar-refractivity contribution in [2.24, 2.45) is 0 Å². The monoisotopic (exact) mass is 619 g/mol. The fourth-order valence-corrected chi connectivity index (χ4v) is 5.84. The average molecular weight is 620 g/mol. The van der Waals surface area contributed by atoms with Crippen molar-refractivity contribution in [2.45, 2.75) is 63.3 Å². The molecule has 0 aromatic heterocycles. The molecule has 43 heavy (non-hydrogen) atoms. The van der Waals surface area contributed by atoms with E-state index in [-0.39, 0.29) is 29.6 Å². The van der Waals surface area contributed by atoms with Crippen LogP contribution in [0, 0.1) is 0 Å². The van der Waals surface area contributed by atoms with Crippen LogP contribution in [0.1, 0.15) is 44.7 Å². The lowest BCUT2D eigenvalue weighted by atomic mass is 10.1. The highest BCUT2D eigenvalue weighted by Crippen LogP contribution is 2.33. The number of rotatable bonds is 13. The summed E-state index contributed by atoms with van der Waals surface area (Å²) in [6.45, 7) is 4.50. The quantitative estimate of drug-likeness (QED) is 0.268. The van der Waals surface area contributed by atoms with Crippen molar-refractivity contribution in [2.75, 3.05) is 18.0 Å². The van der Waals surface area contributed by atoms with Gasteiger partial charge in [0, 0.05) is 12.6 Å². The first-order valence-electron chi connectivity index (χ1n) is 13.8. The van der Waals surface area contributed by atoms with Crippen molar-refractivity contribution in [3.63, 3.8) is 0 Å². The zero-order valence-corrected chi connectivity index (χ0v) is 25.3. The fourth-order valence-electron chi connectivity index (χ4n) is 4.41. The fraction of sp³-hybridized carbons (Fsp3) is 0.355. The molecule has 1 N–H and O–H groups in total. The number of alkyl halides is 3. The minimum absolute atomic E-state index is 0.0791. The normalized spacial score (nSPS) is 13.1. The molecule has 3 aromatic carbocycles. The van der Waals surface area contributed by atoms with Crippen molar-refractivity contribution in [3.05, 3.63) is 90.0 Å². The minimum atomic E-state index is -4.75. The first-order valence-corrected chi connectivity index (χ1v) is 15.2. The summed E-state index contributed by atoms with van der Waals surface area (Å²) in [7, 11) is -3.02. The summed E-state index contributed by atoms with van der Waals surface area (Å²) < 4.78 is 74.5. The highest BCUT2D eigenvalue weighted by molar-refractivity contribution is 7.92. The van der Waals surface area contributed by atoms with E-state index in [9.17, 15) is 31.2 Å². The summed E-state index contributed by atoms with van der Waals surface area (Å²) in [6.07, 6.45) is -3.90. The summed E-state index contributed by atoms with van der Waals surface area (Å²) >= 11 is 0. The molecule has 0 saturated heterocycles. The Morgan fingerprint density at radius 3 is 2.21 bits per heavy atom. The van der Waals surface area contributed by atoms with Crippen LogP contribution in [0.3, 0.4) is 0 Å².